The van der Waals surface area contributed by atoms with Crippen molar-refractivity contribution in [3.63, 3.8) is 0 Å². The first kappa shape index (κ1) is 21.8. The van der Waals surface area contributed by atoms with Gasteiger partial charge in [-0.1, -0.05) is 18.2 Å². The number of hydrogen-bond donors (Lipinski definition) is 5. The molecule has 0 saturated heterocycles. The maximum absolute atomic E-state index is 12.4. The minimum atomic E-state index is -1.14. The highest BCUT2D eigenvalue weighted by molar-refractivity contribution is 7.98. The number of rotatable bonds is 10. The lowest BCUT2D eigenvalue weighted by molar-refractivity contribution is -0.142. The van der Waals surface area contributed by atoms with Crippen LogP contribution in [0.4, 0.5) is 0 Å². The van der Waals surface area contributed by atoms with Gasteiger partial charge in [0.2, 0.25) is 11.8 Å². The van der Waals surface area contributed by atoms with Crippen LogP contribution in [0.15, 0.2) is 30.5 Å². The smallest absolute Gasteiger partial charge is 0.326 e. The molecule has 152 valence electrons. The van der Waals surface area contributed by atoms with Crippen LogP contribution in [0.3, 0.4) is 0 Å². The van der Waals surface area contributed by atoms with E-state index in [0.717, 1.165) is 22.2 Å². The van der Waals surface area contributed by atoms with E-state index < -0.39 is 35.9 Å². The molecule has 3 atom stereocenters. The van der Waals surface area contributed by atoms with Crippen molar-refractivity contribution in [3.05, 3.63) is 36.0 Å². The summed E-state index contributed by atoms with van der Waals surface area (Å²) < 4.78 is 0. The molecule has 0 aliphatic carbocycles. The highest BCUT2D eigenvalue weighted by Gasteiger charge is 2.26. The van der Waals surface area contributed by atoms with Gasteiger partial charge in [-0.3, -0.25) is 9.59 Å². The molecule has 2 amide bonds. The number of carbonyl (C=O) groups is 3. The Morgan fingerprint density at radius 2 is 1.93 bits per heavy atom. The van der Waals surface area contributed by atoms with Crippen LogP contribution in [0.2, 0.25) is 0 Å². The van der Waals surface area contributed by atoms with Crippen LogP contribution >= 0.6 is 11.8 Å². The summed E-state index contributed by atoms with van der Waals surface area (Å²) in [6, 6.07) is 4.82. The maximum atomic E-state index is 12.4. The Kier molecular flexibility index (Phi) is 7.89. The summed E-state index contributed by atoms with van der Waals surface area (Å²) in [4.78, 5) is 39.1. The van der Waals surface area contributed by atoms with Crippen LogP contribution in [0.25, 0.3) is 10.9 Å². The van der Waals surface area contributed by atoms with E-state index in [9.17, 15) is 19.5 Å². The zero-order chi connectivity index (χ0) is 20.7. The van der Waals surface area contributed by atoms with Crippen LogP contribution in [-0.4, -0.2) is 58.0 Å². The first-order chi connectivity index (χ1) is 13.3. The van der Waals surface area contributed by atoms with E-state index in [0.29, 0.717) is 6.42 Å². The summed E-state index contributed by atoms with van der Waals surface area (Å²) in [7, 11) is 0. The van der Waals surface area contributed by atoms with Crippen LogP contribution < -0.4 is 16.4 Å². The average molecular weight is 407 g/mol. The molecule has 1 heterocycles. The Balaban J connectivity index is 1.98. The number of H-pyrrole nitrogens is 1. The maximum Gasteiger partial charge on any atom is 0.326 e. The van der Waals surface area contributed by atoms with Crippen molar-refractivity contribution in [3.8, 4) is 0 Å². The summed E-state index contributed by atoms with van der Waals surface area (Å²) in [5.74, 6) is -1.41. The lowest BCUT2D eigenvalue weighted by Gasteiger charge is -2.20. The van der Waals surface area contributed by atoms with E-state index in [1.807, 2.05) is 30.5 Å². The fourth-order valence-electron chi connectivity index (χ4n) is 2.78. The predicted molar refractivity (Wildman–Crippen MR) is 110 cm³/mol. The number of carboxylic acid groups (broad SMARTS) is 1. The van der Waals surface area contributed by atoms with E-state index in [-0.39, 0.29) is 6.42 Å². The molecule has 0 aliphatic rings. The number of aromatic nitrogens is 1. The summed E-state index contributed by atoms with van der Waals surface area (Å²) in [5.41, 5.74) is 7.48. The Hall–Kier alpha value is -2.52. The van der Waals surface area contributed by atoms with Gasteiger partial charge in [0.15, 0.2) is 0 Å². The van der Waals surface area contributed by atoms with Crippen LogP contribution in [0, 0.1) is 0 Å². The van der Waals surface area contributed by atoms with Crippen LogP contribution in [0.5, 0.6) is 0 Å². The van der Waals surface area contributed by atoms with Gasteiger partial charge in [0.25, 0.3) is 0 Å². The molecule has 0 bridgehead atoms. The number of para-hydroxylation sites is 1. The molecule has 9 heteroatoms. The number of hydrogen-bond acceptors (Lipinski definition) is 5. The molecule has 0 saturated carbocycles. The average Bonchev–Trinajstić information content (AvgIpc) is 3.08. The Bertz CT molecular complexity index is 838. The molecule has 8 nitrogen and oxygen atoms in total. The van der Waals surface area contributed by atoms with Crippen LogP contribution in [0.1, 0.15) is 18.9 Å². The molecule has 0 spiro atoms. The standard InChI is InChI=1S/C19H26N4O4S/c1-11(22-18(25)14(20)7-8-28-2)17(24)23-16(19(26)27)9-12-10-21-15-6-4-3-5-13(12)15/h3-6,10-11,14,16,21H,7-9,20H2,1-2H3,(H,22,25)(H,23,24)(H,26,27). The molecular weight excluding hydrogens is 380 g/mol. The van der Waals surface area contributed by atoms with E-state index in [4.69, 9.17) is 5.73 Å². The zero-order valence-corrected chi connectivity index (χ0v) is 16.7. The molecule has 0 aliphatic heterocycles. The second-order valence-corrected chi connectivity index (χ2v) is 7.57. The third kappa shape index (κ3) is 5.74. The van der Waals surface area contributed by atoms with E-state index in [1.54, 1.807) is 18.0 Å². The SMILES string of the molecule is CSCCC(N)C(=O)NC(C)C(=O)NC(Cc1c[nH]c2ccccc12)C(=O)O. The Labute approximate surface area is 167 Å². The normalized spacial score (nSPS) is 14.2. The summed E-state index contributed by atoms with van der Waals surface area (Å²) in [5, 5.41) is 15.4. The third-order valence-electron chi connectivity index (χ3n) is 4.44. The number of nitrogens with two attached hydrogens (primary N) is 1. The molecule has 0 radical (unpaired) electrons. The summed E-state index contributed by atoms with van der Waals surface area (Å²) >= 11 is 1.58. The van der Waals surface area contributed by atoms with Crippen molar-refractivity contribution in [2.45, 2.75) is 37.9 Å². The van der Waals surface area contributed by atoms with Crippen molar-refractivity contribution in [1.82, 2.24) is 15.6 Å². The van der Waals surface area contributed by atoms with E-state index in [2.05, 4.69) is 15.6 Å². The number of thioether (sulfide) groups is 1. The van der Waals surface area contributed by atoms with Gasteiger partial charge in [0.05, 0.1) is 6.04 Å². The molecule has 1 aromatic heterocycles. The highest BCUT2D eigenvalue weighted by atomic mass is 32.2. The summed E-state index contributed by atoms with van der Waals surface area (Å²) in [6.07, 6.45) is 4.28. The number of aliphatic carboxylic acids is 1. The number of nitrogens with one attached hydrogen (secondary N) is 3. The largest absolute Gasteiger partial charge is 0.480 e. The van der Waals surface area contributed by atoms with Gasteiger partial charge in [0, 0.05) is 23.5 Å². The first-order valence-electron chi connectivity index (χ1n) is 8.96. The van der Waals surface area contributed by atoms with Gasteiger partial charge in [0.1, 0.15) is 12.1 Å². The second kappa shape index (κ2) is 10.1. The minimum Gasteiger partial charge on any atom is -0.480 e. The number of carboxylic acids is 1. The lowest BCUT2D eigenvalue weighted by Crippen LogP contribution is -2.53. The molecule has 1 aromatic carbocycles. The number of benzene rings is 1. The minimum absolute atomic E-state index is 0.124. The number of fused-ring (bicyclic) bond motifs is 1. The Morgan fingerprint density at radius 3 is 2.61 bits per heavy atom. The van der Waals surface area contributed by atoms with E-state index >= 15 is 0 Å². The van der Waals surface area contributed by atoms with Crippen molar-refractivity contribution < 1.29 is 19.5 Å². The van der Waals surface area contributed by atoms with Crippen molar-refractivity contribution in [1.29, 1.82) is 0 Å². The second-order valence-electron chi connectivity index (χ2n) is 6.58. The fraction of sp³-hybridized carbons (Fsp3) is 0.421. The molecule has 6 N–H and O–H groups in total. The molecule has 2 rings (SSSR count). The number of aromatic amines is 1. The first-order valence-corrected chi connectivity index (χ1v) is 10.4. The van der Waals surface area contributed by atoms with Crippen LogP contribution in [-0.2, 0) is 20.8 Å². The highest BCUT2D eigenvalue weighted by Crippen LogP contribution is 2.19. The van der Waals surface area contributed by atoms with Gasteiger partial charge in [-0.15, -0.1) is 0 Å². The van der Waals surface area contributed by atoms with Gasteiger partial charge in [-0.25, -0.2) is 4.79 Å². The van der Waals surface area contributed by atoms with Gasteiger partial charge in [-0.2, -0.15) is 11.8 Å². The predicted octanol–water partition coefficient (Wildman–Crippen LogP) is 0.865. The topological polar surface area (TPSA) is 137 Å². The van der Waals surface area contributed by atoms with Crippen molar-refractivity contribution in [2.75, 3.05) is 12.0 Å². The molecule has 28 heavy (non-hydrogen) atoms. The lowest BCUT2D eigenvalue weighted by atomic mass is 10.0. The van der Waals surface area contributed by atoms with E-state index in [1.165, 1.54) is 6.92 Å². The molecule has 0 fully saturated rings. The number of carbonyl (C=O) groups excluding carboxylic acids is 2. The quantitative estimate of drug-likeness (QED) is 0.397. The van der Waals surface area contributed by atoms with Gasteiger partial charge >= 0.3 is 5.97 Å². The molecule has 3 unspecified atom stereocenters. The number of amides is 2. The monoisotopic (exact) mass is 406 g/mol. The van der Waals surface area contributed by atoms with Crippen molar-refractivity contribution >= 4 is 40.4 Å². The van der Waals surface area contributed by atoms with Gasteiger partial charge in [-0.05, 0) is 37.0 Å². The van der Waals surface area contributed by atoms with Gasteiger partial charge < -0.3 is 26.5 Å². The third-order valence-corrected chi connectivity index (χ3v) is 5.08. The Morgan fingerprint density at radius 1 is 1.21 bits per heavy atom. The molecule has 2 aromatic rings. The molecular formula is C19H26N4O4S. The summed E-state index contributed by atoms with van der Waals surface area (Å²) in [6.45, 7) is 1.50. The van der Waals surface area contributed by atoms with Crippen molar-refractivity contribution in [2.24, 2.45) is 5.73 Å². The zero-order valence-electron chi connectivity index (χ0n) is 15.9. The fourth-order valence-corrected chi connectivity index (χ4v) is 3.27.